The summed E-state index contributed by atoms with van der Waals surface area (Å²) in [7, 11) is 0. The van der Waals surface area contributed by atoms with Gasteiger partial charge in [0.25, 0.3) is 0 Å². The molecule has 0 amide bonds. The van der Waals surface area contributed by atoms with E-state index in [0.29, 0.717) is 17.9 Å². The molecule has 2 aromatic heterocycles. The van der Waals surface area contributed by atoms with Gasteiger partial charge in [0.2, 0.25) is 5.95 Å². The van der Waals surface area contributed by atoms with Gasteiger partial charge in [-0.3, -0.25) is 4.98 Å². The zero-order valence-electron chi connectivity index (χ0n) is 12.0. The number of nitrogens with one attached hydrogen (secondary N) is 1. The summed E-state index contributed by atoms with van der Waals surface area (Å²) < 4.78 is 16.9. The van der Waals surface area contributed by atoms with Crippen molar-refractivity contribution in [3.8, 4) is 0 Å². The number of benzene rings is 1. The summed E-state index contributed by atoms with van der Waals surface area (Å²) in [6.07, 6.45) is 5.69. The summed E-state index contributed by atoms with van der Waals surface area (Å²) in [5, 5.41) is 7.61. The number of hydrogen-bond acceptors (Lipinski definition) is 4. The summed E-state index contributed by atoms with van der Waals surface area (Å²) in [6.45, 7) is 0. The number of aromatic nitrogens is 4. The van der Waals surface area contributed by atoms with Gasteiger partial charge in [-0.25, -0.2) is 9.07 Å². The smallest absolute Gasteiger partial charge is 0.222 e. The average molecular weight is 374 g/mol. The van der Waals surface area contributed by atoms with Gasteiger partial charge in [0.1, 0.15) is 12.1 Å². The Hall–Kier alpha value is -2.28. The van der Waals surface area contributed by atoms with E-state index >= 15 is 0 Å². The predicted octanol–water partition coefficient (Wildman–Crippen LogP) is 3.72. The monoisotopic (exact) mass is 373 g/mol. The van der Waals surface area contributed by atoms with Crippen LogP contribution in [0.3, 0.4) is 0 Å². The first-order chi connectivity index (χ1) is 11.2. The second-order valence-electron chi connectivity index (χ2n) is 5.40. The fraction of sp³-hybridized carbons (Fsp3) is 0.188. The first-order valence-corrected chi connectivity index (χ1v) is 8.03. The van der Waals surface area contributed by atoms with Crippen LogP contribution in [0.2, 0.25) is 0 Å². The number of fused-ring (bicyclic) bond motifs is 1. The van der Waals surface area contributed by atoms with E-state index in [2.05, 4.69) is 36.3 Å². The van der Waals surface area contributed by atoms with Gasteiger partial charge in [-0.1, -0.05) is 28.1 Å². The lowest BCUT2D eigenvalue weighted by Gasteiger charge is -2.32. The molecule has 1 aliphatic heterocycles. The maximum Gasteiger partial charge on any atom is 0.222 e. The topological polar surface area (TPSA) is 55.6 Å². The van der Waals surface area contributed by atoms with Crippen molar-refractivity contribution in [1.82, 2.24) is 19.7 Å². The van der Waals surface area contributed by atoms with E-state index in [0.717, 1.165) is 10.0 Å². The first-order valence-electron chi connectivity index (χ1n) is 7.24. The molecular weight excluding hydrogens is 361 g/mol. The van der Waals surface area contributed by atoms with Gasteiger partial charge in [0, 0.05) is 22.4 Å². The molecule has 0 fully saturated rings. The number of nitrogens with zero attached hydrogens (tertiary/aromatic N) is 4. The first kappa shape index (κ1) is 14.3. The molecular formula is C16H13BrFN5. The van der Waals surface area contributed by atoms with Gasteiger partial charge in [-0.05, 0) is 30.2 Å². The van der Waals surface area contributed by atoms with E-state index < -0.39 is 0 Å². The molecule has 1 aromatic carbocycles. The van der Waals surface area contributed by atoms with E-state index in [4.69, 9.17) is 0 Å². The summed E-state index contributed by atoms with van der Waals surface area (Å²) in [4.78, 5) is 8.42. The van der Waals surface area contributed by atoms with E-state index in [1.54, 1.807) is 16.9 Å². The molecule has 1 N–H and O–H groups in total. The highest BCUT2D eigenvalue weighted by molar-refractivity contribution is 9.10. The lowest BCUT2D eigenvalue weighted by atomic mass is 9.94. The number of hydrogen-bond donors (Lipinski definition) is 1. The SMILES string of the molecule is Fc1cccc(Br)c1[C@@H]1C[C@@H](c2cccnc2)Nc2ncnn21. The summed E-state index contributed by atoms with van der Waals surface area (Å²) in [5.41, 5.74) is 1.63. The molecule has 116 valence electrons. The lowest BCUT2D eigenvalue weighted by molar-refractivity contribution is 0.414. The van der Waals surface area contributed by atoms with Gasteiger partial charge >= 0.3 is 0 Å². The quantitative estimate of drug-likeness (QED) is 0.743. The molecule has 3 heterocycles. The number of rotatable bonds is 2. The van der Waals surface area contributed by atoms with Crippen molar-refractivity contribution in [1.29, 1.82) is 0 Å². The van der Waals surface area contributed by atoms with Crippen LogP contribution in [0.25, 0.3) is 0 Å². The third-order valence-electron chi connectivity index (χ3n) is 4.05. The number of anilines is 1. The Kier molecular flexibility index (Phi) is 3.57. The van der Waals surface area contributed by atoms with Crippen molar-refractivity contribution in [2.45, 2.75) is 18.5 Å². The molecule has 0 spiro atoms. The van der Waals surface area contributed by atoms with Crippen LogP contribution in [0.5, 0.6) is 0 Å². The maximum atomic E-state index is 14.4. The highest BCUT2D eigenvalue weighted by atomic mass is 79.9. The molecule has 0 aliphatic carbocycles. The summed E-state index contributed by atoms with van der Waals surface area (Å²) in [6, 6.07) is 8.65. The zero-order chi connectivity index (χ0) is 15.8. The lowest BCUT2D eigenvalue weighted by Crippen LogP contribution is -2.28. The number of pyridine rings is 1. The molecule has 0 saturated heterocycles. The van der Waals surface area contributed by atoms with Crippen molar-refractivity contribution < 1.29 is 4.39 Å². The molecule has 3 aromatic rings. The van der Waals surface area contributed by atoms with Gasteiger partial charge in [-0.15, -0.1) is 0 Å². The molecule has 0 unspecified atom stereocenters. The van der Waals surface area contributed by atoms with Crippen LogP contribution >= 0.6 is 15.9 Å². The molecule has 2 atom stereocenters. The van der Waals surface area contributed by atoms with Crippen molar-refractivity contribution in [2.24, 2.45) is 0 Å². The number of halogens is 2. The van der Waals surface area contributed by atoms with Gasteiger partial charge < -0.3 is 5.32 Å². The minimum Gasteiger partial charge on any atom is -0.347 e. The molecule has 5 nitrogen and oxygen atoms in total. The van der Waals surface area contributed by atoms with Crippen LogP contribution in [-0.2, 0) is 0 Å². The van der Waals surface area contributed by atoms with Crippen LogP contribution in [-0.4, -0.2) is 19.7 Å². The molecule has 0 bridgehead atoms. The van der Waals surface area contributed by atoms with E-state index in [1.165, 1.54) is 12.4 Å². The van der Waals surface area contributed by atoms with Crippen LogP contribution in [0, 0.1) is 5.82 Å². The fourth-order valence-corrected chi connectivity index (χ4v) is 3.60. The Morgan fingerprint density at radius 2 is 2.17 bits per heavy atom. The van der Waals surface area contributed by atoms with Crippen molar-refractivity contribution in [3.05, 3.63) is 70.5 Å². The predicted molar refractivity (Wildman–Crippen MR) is 87.5 cm³/mol. The van der Waals surface area contributed by atoms with E-state index in [-0.39, 0.29) is 17.9 Å². The Morgan fingerprint density at radius 3 is 2.96 bits per heavy atom. The average Bonchev–Trinajstić information content (AvgIpc) is 3.04. The standard InChI is InChI=1S/C16H13BrFN5/c17-11-4-1-5-12(18)15(11)14-7-13(10-3-2-6-19-8-10)22-16-20-9-21-23(14)16/h1-6,8-9,13-14H,7H2,(H,20,21,22)/t13-,14-/m0/s1. The van der Waals surface area contributed by atoms with Gasteiger partial charge in [-0.2, -0.15) is 10.1 Å². The molecule has 23 heavy (non-hydrogen) atoms. The van der Waals surface area contributed by atoms with Crippen molar-refractivity contribution in [3.63, 3.8) is 0 Å². The molecule has 0 radical (unpaired) electrons. The van der Waals surface area contributed by atoms with Crippen molar-refractivity contribution in [2.75, 3.05) is 5.32 Å². The zero-order valence-corrected chi connectivity index (χ0v) is 13.6. The van der Waals surface area contributed by atoms with Crippen LogP contribution in [0.15, 0.2) is 53.5 Å². The molecule has 4 rings (SSSR count). The Balaban J connectivity index is 1.80. The molecule has 7 heteroatoms. The summed E-state index contributed by atoms with van der Waals surface area (Å²) >= 11 is 3.46. The van der Waals surface area contributed by atoms with E-state index in [9.17, 15) is 4.39 Å². The maximum absolute atomic E-state index is 14.4. The fourth-order valence-electron chi connectivity index (χ4n) is 2.99. The van der Waals surface area contributed by atoms with Crippen LogP contribution < -0.4 is 5.32 Å². The second kappa shape index (κ2) is 5.73. The highest BCUT2D eigenvalue weighted by Gasteiger charge is 2.32. The Labute approximate surface area is 140 Å². The third kappa shape index (κ3) is 2.50. The molecule has 0 saturated carbocycles. The van der Waals surface area contributed by atoms with Crippen LogP contribution in [0.4, 0.5) is 10.3 Å². The Morgan fingerprint density at radius 1 is 1.26 bits per heavy atom. The normalized spacial score (nSPS) is 19.9. The second-order valence-corrected chi connectivity index (χ2v) is 6.25. The largest absolute Gasteiger partial charge is 0.347 e. The molecule has 1 aliphatic rings. The van der Waals surface area contributed by atoms with Crippen molar-refractivity contribution >= 4 is 21.9 Å². The highest BCUT2D eigenvalue weighted by Crippen LogP contribution is 2.40. The minimum absolute atomic E-state index is 0.00286. The van der Waals surface area contributed by atoms with Crippen LogP contribution in [0.1, 0.15) is 29.6 Å². The van der Waals surface area contributed by atoms with Gasteiger partial charge in [0.05, 0.1) is 12.1 Å². The Bertz CT molecular complexity index is 815. The minimum atomic E-state index is -0.252. The van der Waals surface area contributed by atoms with E-state index in [1.807, 2.05) is 24.4 Å². The van der Waals surface area contributed by atoms with Gasteiger partial charge in [0.15, 0.2) is 0 Å². The third-order valence-corrected chi connectivity index (χ3v) is 4.74. The summed E-state index contributed by atoms with van der Waals surface area (Å²) in [5.74, 6) is 0.378.